The summed E-state index contributed by atoms with van der Waals surface area (Å²) >= 11 is 11.8. The van der Waals surface area contributed by atoms with Crippen LogP contribution in [0.5, 0.6) is 0 Å². The summed E-state index contributed by atoms with van der Waals surface area (Å²) in [5.41, 5.74) is 1.22. The molecule has 1 unspecified atom stereocenters. The van der Waals surface area contributed by atoms with Crippen LogP contribution in [0.4, 0.5) is 10.5 Å². The molecule has 110 valence electrons. The van der Waals surface area contributed by atoms with Crippen molar-refractivity contribution in [3.63, 3.8) is 0 Å². The first kappa shape index (κ1) is 15.6. The van der Waals surface area contributed by atoms with Gasteiger partial charge >= 0.3 is 6.03 Å². The highest BCUT2D eigenvalue weighted by Gasteiger charge is 2.14. The van der Waals surface area contributed by atoms with Gasteiger partial charge < -0.3 is 15.7 Å². The van der Waals surface area contributed by atoms with Crippen LogP contribution in [0.25, 0.3) is 0 Å². The van der Waals surface area contributed by atoms with Crippen molar-refractivity contribution < 1.29 is 9.90 Å². The van der Waals surface area contributed by atoms with Gasteiger partial charge in [-0.3, -0.25) is 0 Å². The Kier molecular flexibility index (Phi) is 5.44. The third-order valence-corrected chi connectivity index (χ3v) is 3.43. The predicted octanol–water partition coefficient (Wildman–Crippen LogP) is 3.85. The third-order valence-electron chi connectivity index (χ3n) is 2.87. The van der Waals surface area contributed by atoms with Gasteiger partial charge in [-0.2, -0.15) is 0 Å². The van der Waals surface area contributed by atoms with Gasteiger partial charge in [0.15, 0.2) is 0 Å². The molecule has 0 bridgehead atoms. The fraction of sp³-hybridized carbons (Fsp3) is 0.133. The van der Waals surface area contributed by atoms with Crippen LogP contribution in [0, 0.1) is 0 Å². The number of rotatable bonds is 4. The molecule has 0 saturated carbocycles. The lowest BCUT2D eigenvalue weighted by molar-refractivity contribution is 0.225. The molecule has 0 aliphatic carbocycles. The maximum atomic E-state index is 12.0. The van der Waals surface area contributed by atoms with Gasteiger partial charge in [0.25, 0.3) is 0 Å². The maximum absolute atomic E-state index is 12.0. The molecule has 0 spiro atoms. The van der Waals surface area contributed by atoms with E-state index in [0.717, 1.165) is 5.56 Å². The summed E-state index contributed by atoms with van der Waals surface area (Å²) in [5, 5.41) is 15.5. The summed E-state index contributed by atoms with van der Waals surface area (Å²) in [6.45, 7) is -0.208. The van der Waals surface area contributed by atoms with E-state index >= 15 is 0 Å². The number of anilines is 1. The smallest absolute Gasteiger partial charge is 0.319 e. The molecule has 2 aromatic carbocycles. The second-order valence-corrected chi connectivity index (χ2v) is 5.21. The van der Waals surface area contributed by atoms with E-state index < -0.39 is 12.1 Å². The third kappa shape index (κ3) is 4.36. The quantitative estimate of drug-likeness (QED) is 0.800. The van der Waals surface area contributed by atoms with E-state index in [1.54, 1.807) is 18.2 Å². The Morgan fingerprint density at radius 2 is 1.86 bits per heavy atom. The molecule has 0 aliphatic heterocycles. The normalized spacial score (nSPS) is 11.8. The maximum Gasteiger partial charge on any atom is 0.319 e. The van der Waals surface area contributed by atoms with Crippen LogP contribution >= 0.6 is 23.2 Å². The van der Waals surface area contributed by atoms with Gasteiger partial charge in [0.05, 0.1) is 23.4 Å². The van der Waals surface area contributed by atoms with Gasteiger partial charge in [-0.15, -0.1) is 0 Å². The average molecular weight is 325 g/mol. The standard InChI is InChI=1S/C15H14Cl2N2O2/c16-11-6-7-12(17)13(8-11)18-15(21)19-14(9-20)10-4-2-1-3-5-10/h1-8,14,20H,9H2,(H2,18,19,21). The Hall–Kier alpha value is -1.75. The predicted molar refractivity (Wildman–Crippen MR) is 84.9 cm³/mol. The number of amides is 2. The molecule has 2 amide bonds. The summed E-state index contributed by atoms with van der Waals surface area (Å²) in [7, 11) is 0. The molecule has 2 rings (SSSR count). The molecule has 2 aromatic rings. The number of benzene rings is 2. The highest BCUT2D eigenvalue weighted by Crippen LogP contribution is 2.25. The SMILES string of the molecule is O=C(Nc1cc(Cl)ccc1Cl)NC(CO)c1ccccc1. The number of hydrogen-bond acceptors (Lipinski definition) is 2. The first-order valence-corrected chi connectivity index (χ1v) is 7.04. The fourth-order valence-electron chi connectivity index (χ4n) is 1.83. The van der Waals surface area contributed by atoms with Crippen LogP contribution < -0.4 is 10.6 Å². The molecule has 0 radical (unpaired) electrons. The van der Waals surface area contributed by atoms with E-state index in [-0.39, 0.29) is 6.61 Å². The lowest BCUT2D eigenvalue weighted by Gasteiger charge is -2.17. The zero-order valence-electron chi connectivity index (χ0n) is 11.0. The van der Waals surface area contributed by atoms with E-state index in [0.29, 0.717) is 15.7 Å². The molecular weight excluding hydrogens is 311 g/mol. The summed E-state index contributed by atoms with van der Waals surface area (Å²) in [6, 6.07) is 13.0. The number of halogens is 2. The Morgan fingerprint density at radius 1 is 1.14 bits per heavy atom. The highest BCUT2D eigenvalue weighted by molar-refractivity contribution is 6.35. The van der Waals surface area contributed by atoms with Gasteiger partial charge in [-0.05, 0) is 23.8 Å². The first-order valence-electron chi connectivity index (χ1n) is 6.28. The van der Waals surface area contributed by atoms with Crippen LogP contribution in [0.2, 0.25) is 10.0 Å². The lowest BCUT2D eigenvalue weighted by Crippen LogP contribution is -2.34. The Labute approximate surface area is 132 Å². The van der Waals surface area contributed by atoms with Crippen molar-refractivity contribution in [1.29, 1.82) is 0 Å². The van der Waals surface area contributed by atoms with Gasteiger partial charge in [-0.25, -0.2) is 4.79 Å². The van der Waals surface area contributed by atoms with Crippen LogP contribution in [-0.2, 0) is 0 Å². The fourth-order valence-corrected chi connectivity index (χ4v) is 2.17. The van der Waals surface area contributed by atoms with Crippen molar-refractivity contribution in [3.8, 4) is 0 Å². The van der Waals surface area contributed by atoms with Crippen LogP contribution in [-0.4, -0.2) is 17.7 Å². The highest BCUT2D eigenvalue weighted by atomic mass is 35.5. The van der Waals surface area contributed by atoms with Crippen molar-refractivity contribution in [1.82, 2.24) is 5.32 Å². The van der Waals surface area contributed by atoms with Crippen LogP contribution in [0.3, 0.4) is 0 Å². The minimum Gasteiger partial charge on any atom is -0.394 e. The number of aliphatic hydroxyl groups is 1. The van der Waals surface area contributed by atoms with Crippen molar-refractivity contribution >= 4 is 34.9 Å². The topological polar surface area (TPSA) is 61.4 Å². The zero-order valence-corrected chi connectivity index (χ0v) is 12.5. The van der Waals surface area contributed by atoms with E-state index in [4.69, 9.17) is 23.2 Å². The van der Waals surface area contributed by atoms with E-state index in [1.807, 2.05) is 30.3 Å². The van der Waals surface area contributed by atoms with Crippen LogP contribution in [0.1, 0.15) is 11.6 Å². The van der Waals surface area contributed by atoms with Crippen molar-refractivity contribution in [3.05, 3.63) is 64.1 Å². The number of aliphatic hydroxyl groups excluding tert-OH is 1. The number of urea groups is 1. The second-order valence-electron chi connectivity index (χ2n) is 4.37. The molecule has 21 heavy (non-hydrogen) atoms. The molecule has 0 aliphatic rings. The number of carbonyl (C=O) groups is 1. The molecule has 3 N–H and O–H groups in total. The largest absolute Gasteiger partial charge is 0.394 e. The number of carbonyl (C=O) groups excluding carboxylic acids is 1. The van der Waals surface area contributed by atoms with Crippen molar-refractivity contribution in [2.45, 2.75) is 6.04 Å². The average Bonchev–Trinajstić information content (AvgIpc) is 2.49. The van der Waals surface area contributed by atoms with Gasteiger partial charge in [0.1, 0.15) is 0 Å². The zero-order chi connectivity index (χ0) is 15.2. The van der Waals surface area contributed by atoms with E-state index in [2.05, 4.69) is 10.6 Å². The Bertz CT molecular complexity index is 620. The lowest BCUT2D eigenvalue weighted by atomic mass is 10.1. The second kappa shape index (κ2) is 7.31. The van der Waals surface area contributed by atoms with Crippen molar-refractivity contribution in [2.24, 2.45) is 0 Å². The van der Waals surface area contributed by atoms with Crippen molar-refractivity contribution in [2.75, 3.05) is 11.9 Å². The molecule has 0 heterocycles. The monoisotopic (exact) mass is 324 g/mol. The van der Waals surface area contributed by atoms with E-state index in [9.17, 15) is 9.90 Å². The Morgan fingerprint density at radius 3 is 2.52 bits per heavy atom. The molecule has 6 heteroatoms. The van der Waals surface area contributed by atoms with Crippen LogP contribution in [0.15, 0.2) is 48.5 Å². The minimum atomic E-state index is -0.496. The number of nitrogens with one attached hydrogen (secondary N) is 2. The Balaban J connectivity index is 2.05. The minimum absolute atomic E-state index is 0.208. The molecule has 4 nitrogen and oxygen atoms in total. The van der Waals surface area contributed by atoms with Gasteiger partial charge in [0, 0.05) is 5.02 Å². The summed E-state index contributed by atoms with van der Waals surface area (Å²) in [6.07, 6.45) is 0. The number of hydrogen-bond donors (Lipinski definition) is 3. The van der Waals surface area contributed by atoms with Gasteiger partial charge in [0.2, 0.25) is 0 Å². The molecule has 0 aromatic heterocycles. The van der Waals surface area contributed by atoms with Gasteiger partial charge in [-0.1, -0.05) is 53.5 Å². The summed E-state index contributed by atoms with van der Waals surface area (Å²) in [5.74, 6) is 0. The first-order chi connectivity index (χ1) is 10.1. The molecule has 0 fully saturated rings. The molecule has 1 atom stereocenters. The summed E-state index contributed by atoms with van der Waals surface area (Å²) in [4.78, 5) is 12.0. The summed E-state index contributed by atoms with van der Waals surface area (Å²) < 4.78 is 0. The van der Waals surface area contributed by atoms with E-state index in [1.165, 1.54) is 0 Å². The molecular formula is C15H14Cl2N2O2. The molecule has 0 saturated heterocycles.